The fourth-order valence-electron chi connectivity index (χ4n) is 2.96. The molecule has 2 amide bonds. The van der Waals surface area contributed by atoms with Crippen LogP contribution < -0.4 is 10.6 Å². The Labute approximate surface area is 166 Å². The number of nitrogens with zero attached hydrogens (tertiary/aromatic N) is 4. The Balaban J connectivity index is 1.40. The van der Waals surface area contributed by atoms with Crippen LogP contribution in [0.2, 0.25) is 0 Å². The van der Waals surface area contributed by atoms with Gasteiger partial charge in [0.25, 0.3) is 0 Å². The predicted octanol–water partition coefficient (Wildman–Crippen LogP) is 2.02. The Hall–Kier alpha value is -4.01. The van der Waals surface area contributed by atoms with Crippen molar-refractivity contribution in [3.8, 4) is 5.82 Å². The minimum absolute atomic E-state index is 0.245. The van der Waals surface area contributed by atoms with Crippen molar-refractivity contribution in [3.05, 3.63) is 65.6 Å². The highest BCUT2D eigenvalue weighted by atomic mass is 16.2. The normalized spacial score (nSPS) is 10.8. The summed E-state index contributed by atoms with van der Waals surface area (Å²) in [6, 6.07) is 12.9. The maximum Gasteiger partial charge on any atom is 0.314 e. The van der Waals surface area contributed by atoms with Crippen molar-refractivity contribution in [3.63, 3.8) is 0 Å². The summed E-state index contributed by atoms with van der Waals surface area (Å²) < 4.78 is 1.40. The Morgan fingerprint density at radius 2 is 1.90 bits per heavy atom. The summed E-state index contributed by atoms with van der Waals surface area (Å²) in [5, 5.41) is 18.4. The van der Waals surface area contributed by atoms with Crippen LogP contribution in [-0.4, -0.2) is 36.8 Å². The monoisotopic (exact) mass is 389 g/mol. The summed E-state index contributed by atoms with van der Waals surface area (Å²) in [5.41, 5.74) is 3.76. The number of H-pyrrole nitrogens is 1. The minimum atomic E-state index is -0.787. The van der Waals surface area contributed by atoms with E-state index in [-0.39, 0.29) is 6.54 Å². The average Bonchev–Trinajstić information content (AvgIpc) is 3.31. The molecule has 0 bridgehead atoms. The molecule has 29 heavy (non-hydrogen) atoms. The molecule has 0 aliphatic carbocycles. The molecule has 146 valence electrons. The zero-order valence-corrected chi connectivity index (χ0v) is 15.9. The van der Waals surface area contributed by atoms with Crippen molar-refractivity contribution < 1.29 is 9.59 Å². The van der Waals surface area contributed by atoms with Crippen LogP contribution in [0.15, 0.2) is 48.7 Å². The number of aromatic amines is 1. The number of rotatable bonds is 4. The summed E-state index contributed by atoms with van der Waals surface area (Å²) in [5.74, 6) is -0.762. The summed E-state index contributed by atoms with van der Waals surface area (Å²) in [4.78, 5) is 27.7. The third-order valence-electron chi connectivity index (χ3n) is 4.36. The Bertz CT molecular complexity index is 1190. The Morgan fingerprint density at radius 1 is 1.03 bits per heavy atom. The minimum Gasteiger partial charge on any atom is -0.359 e. The SMILES string of the molecule is Cc1ccc(-n2nccc2NC(=O)C(=O)NCc2ccc3[nH]c(C)cc3c2)nn1. The number of benzene rings is 1. The summed E-state index contributed by atoms with van der Waals surface area (Å²) in [6.45, 7) is 4.05. The number of aryl methyl sites for hydroxylation is 2. The first-order valence-corrected chi connectivity index (χ1v) is 9.02. The molecule has 3 heterocycles. The highest BCUT2D eigenvalue weighted by molar-refractivity contribution is 6.39. The van der Waals surface area contributed by atoms with Gasteiger partial charge in [0.2, 0.25) is 0 Å². The standard InChI is InChI=1S/C20H19N7O2/c1-12-3-6-18(26-25-12)27-17(7-8-22-27)24-20(29)19(28)21-11-14-4-5-16-15(10-14)9-13(2)23-16/h3-10,23H,11H2,1-2H3,(H,21,28)(H,24,29). The highest BCUT2D eigenvalue weighted by Crippen LogP contribution is 2.17. The maximum atomic E-state index is 12.3. The van der Waals surface area contributed by atoms with Crippen molar-refractivity contribution in [2.45, 2.75) is 20.4 Å². The molecule has 1 aromatic carbocycles. The molecule has 4 rings (SSSR count). The zero-order chi connectivity index (χ0) is 20.4. The van der Waals surface area contributed by atoms with Gasteiger partial charge in [-0.3, -0.25) is 9.59 Å². The molecule has 0 atom stereocenters. The molecule has 0 aliphatic heterocycles. The van der Waals surface area contributed by atoms with Gasteiger partial charge >= 0.3 is 11.8 Å². The summed E-state index contributed by atoms with van der Waals surface area (Å²) in [7, 11) is 0. The second-order valence-corrected chi connectivity index (χ2v) is 6.67. The van der Waals surface area contributed by atoms with Crippen LogP contribution in [0.25, 0.3) is 16.7 Å². The molecule has 3 N–H and O–H groups in total. The number of nitrogens with one attached hydrogen (secondary N) is 3. The van der Waals surface area contributed by atoms with Crippen molar-refractivity contribution >= 4 is 28.5 Å². The van der Waals surface area contributed by atoms with Crippen LogP contribution in [0, 0.1) is 13.8 Å². The number of amides is 2. The van der Waals surface area contributed by atoms with Gasteiger partial charge in [0.05, 0.1) is 11.9 Å². The van der Waals surface area contributed by atoms with E-state index in [1.54, 1.807) is 18.2 Å². The van der Waals surface area contributed by atoms with E-state index in [9.17, 15) is 9.59 Å². The van der Waals surface area contributed by atoms with Crippen LogP contribution >= 0.6 is 0 Å². The van der Waals surface area contributed by atoms with E-state index < -0.39 is 11.8 Å². The zero-order valence-electron chi connectivity index (χ0n) is 15.9. The van der Waals surface area contributed by atoms with Gasteiger partial charge in [0, 0.05) is 23.8 Å². The van der Waals surface area contributed by atoms with Crippen LogP contribution in [0.4, 0.5) is 5.82 Å². The molecule has 9 heteroatoms. The van der Waals surface area contributed by atoms with Gasteiger partial charge < -0.3 is 15.6 Å². The number of anilines is 1. The van der Waals surface area contributed by atoms with Crippen LogP contribution in [0.5, 0.6) is 0 Å². The van der Waals surface area contributed by atoms with Gasteiger partial charge in [-0.25, -0.2) is 0 Å². The molecule has 4 aromatic rings. The van der Waals surface area contributed by atoms with Gasteiger partial charge in [0.1, 0.15) is 5.82 Å². The third kappa shape index (κ3) is 3.98. The quantitative estimate of drug-likeness (QED) is 0.462. The van der Waals surface area contributed by atoms with Crippen LogP contribution in [0.1, 0.15) is 17.0 Å². The summed E-state index contributed by atoms with van der Waals surface area (Å²) >= 11 is 0. The van der Waals surface area contributed by atoms with E-state index in [2.05, 4.69) is 30.9 Å². The van der Waals surface area contributed by atoms with E-state index in [4.69, 9.17) is 0 Å². The van der Waals surface area contributed by atoms with Gasteiger partial charge in [0.15, 0.2) is 5.82 Å². The number of hydrogen-bond acceptors (Lipinski definition) is 5. The molecule has 0 aliphatic rings. The summed E-state index contributed by atoms with van der Waals surface area (Å²) in [6.07, 6.45) is 1.50. The van der Waals surface area contributed by atoms with E-state index in [0.29, 0.717) is 11.6 Å². The first kappa shape index (κ1) is 18.4. The number of carbonyl (C=O) groups is 2. The lowest BCUT2D eigenvalue weighted by Crippen LogP contribution is -2.35. The Morgan fingerprint density at radius 3 is 2.69 bits per heavy atom. The number of aromatic nitrogens is 5. The van der Waals surface area contributed by atoms with E-state index in [1.165, 1.54) is 10.9 Å². The lowest BCUT2D eigenvalue weighted by Gasteiger charge is -2.08. The van der Waals surface area contributed by atoms with Crippen LogP contribution in [0.3, 0.4) is 0 Å². The van der Waals surface area contributed by atoms with Crippen molar-refractivity contribution in [2.24, 2.45) is 0 Å². The van der Waals surface area contributed by atoms with Gasteiger partial charge in [-0.15, -0.1) is 5.10 Å². The fraction of sp³-hybridized carbons (Fsp3) is 0.150. The number of carbonyl (C=O) groups excluding carboxylic acids is 2. The fourth-order valence-corrected chi connectivity index (χ4v) is 2.96. The number of fused-ring (bicyclic) bond motifs is 1. The van der Waals surface area contributed by atoms with E-state index in [0.717, 1.165) is 27.9 Å². The average molecular weight is 389 g/mol. The molecule has 0 saturated carbocycles. The molecular weight excluding hydrogens is 370 g/mol. The molecule has 0 radical (unpaired) electrons. The lowest BCUT2D eigenvalue weighted by molar-refractivity contribution is -0.136. The highest BCUT2D eigenvalue weighted by Gasteiger charge is 2.16. The van der Waals surface area contributed by atoms with Crippen molar-refractivity contribution in [1.82, 2.24) is 30.3 Å². The van der Waals surface area contributed by atoms with E-state index in [1.807, 2.05) is 38.1 Å². The second kappa shape index (κ2) is 7.55. The predicted molar refractivity (Wildman–Crippen MR) is 107 cm³/mol. The maximum absolute atomic E-state index is 12.3. The molecule has 3 aromatic heterocycles. The van der Waals surface area contributed by atoms with Crippen LogP contribution in [-0.2, 0) is 16.1 Å². The first-order valence-electron chi connectivity index (χ1n) is 9.02. The van der Waals surface area contributed by atoms with Crippen molar-refractivity contribution in [2.75, 3.05) is 5.32 Å². The molecule has 0 saturated heterocycles. The van der Waals surface area contributed by atoms with Crippen molar-refractivity contribution in [1.29, 1.82) is 0 Å². The molecule has 0 unspecified atom stereocenters. The third-order valence-corrected chi connectivity index (χ3v) is 4.36. The van der Waals surface area contributed by atoms with Gasteiger partial charge in [-0.2, -0.15) is 14.9 Å². The molecule has 0 spiro atoms. The Kier molecular flexibility index (Phi) is 4.78. The lowest BCUT2D eigenvalue weighted by atomic mass is 10.1. The number of hydrogen-bond donors (Lipinski definition) is 3. The molecule has 9 nitrogen and oxygen atoms in total. The molecule has 0 fully saturated rings. The molecular formula is C20H19N7O2. The second-order valence-electron chi connectivity index (χ2n) is 6.67. The smallest absolute Gasteiger partial charge is 0.314 e. The topological polar surface area (TPSA) is 118 Å². The van der Waals surface area contributed by atoms with Gasteiger partial charge in [-0.1, -0.05) is 6.07 Å². The largest absolute Gasteiger partial charge is 0.359 e. The van der Waals surface area contributed by atoms with E-state index >= 15 is 0 Å². The van der Waals surface area contributed by atoms with Gasteiger partial charge in [-0.05, 0) is 55.1 Å². The first-order chi connectivity index (χ1) is 14.0.